The van der Waals surface area contributed by atoms with Crippen LogP contribution in [0.3, 0.4) is 0 Å². The summed E-state index contributed by atoms with van der Waals surface area (Å²) in [5.74, 6) is -0.569. The number of nitrogens with two attached hydrogens (primary N) is 1. The molecule has 0 aliphatic carbocycles. The summed E-state index contributed by atoms with van der Waals surface area (Å²) in [4.78, 5) is 34.0. The normalized spacial score (nSPS) is 16.3. The van der Waals surface area contributed by atoms with E-state index in [0.717, 1.165) is 0 Å². The molecule has 0 spiro atoms. The van der Waals surface area contributed by atoms with Gasteiger partial charge in [-0.25, -0.2) is 4.79 Å². The molecule has 0 saturated heterocycles. The highest BCUT2D eigenvalue weighted by molar-refractivity contribution is 5.77. The van der Waals surface area contributed by atoms with Crippen LogP contribution >= 0.6 is 0 Å². The molecule has 0 bridgehead atoms. The van der Waals surface area contributed by atoms with Crippen LogP contribution in [0.4, 0.5) is 16.2 Å². The van der Waals surface area contributed by atoms with E-state index < -0.39 is 23.0 Å². The van der Waals surface area contributed by atoms with Crippen molar-refractivity contribution in [1.29, 1.82) is 0 Å². The molecule has 10 nitrogen and oxygen atoms in total. The summed E-state index contributed by atoms with van der Waals surface area (Å²) in [7, 11) is 0. The van der Waals surface area contributed by atoms with E-state index in [-0.39, 0.29) is 37.1 Å². The Balaban J connectivity index is 2.39. The summed E-state index contributed by atoms with van der Waals surface area (Å²) in [5.41, 5.74) is 5.71. The predicted octanol–water partition coefficient (Wildman–Crippen LogP) is 1.62. The maximum absolute atomic E-state index is 11.8. The van der Waals surface area contributed by atoms with Gasteiger partial charge < -0.3 is 25.8 Å². The lowest BCUT2D eigenvalue weighted by atomic mass is 10.0. The van der Waals surface area contributed by atoms with E-state index in [1.165, 1.54) is 12.1 Å². The summed E-state index contributed by atoms with van der Waals surface area (Å²) in [6.45, 7) is 5.54. The van der Waals surface area contributed by atoms with Crippen molar-refractivity contribution in [3.05, 3.63) is 40.5 Å². The molecule has 1 aliphatic heterocycles. The number of rotatable bonds is 7. The van der Waals surface area contributed by atoms with Crippen LogP contribution in [0.25, 0.3) is 0 Å². The van der Waals surface area contributed by atoms with Gasteiger partial charge in [-0.05, 0) is 18.6 Å². The lowest BCUT2D eigenvalue weighted by Crippen LogP contribution is -2.33. The zero-order valence-electron chi connectivity index (χ0n) is 14.2. The Morgan fingerprint density at radius 3 is 2.96 bits per heavy atom. The fourth-order valence-corrected chi connectivity index (χ4v) is 2.52. The van der Waals surface area contributed by atoms with Crippen molar-refractivity contribution < 1.29 is 24.0 Å². The number of hydrogen-bond donors (Lipinski definition) is 3. The van der Waals surface area contributed by atoms with Gasteiger partial charge >= 0.3 is 11.8 Å². The number of nitrogens with one attached hydrogen (secondary N) is 2. The molecular weight excluding hydrogens is 344 g/mol. The van der Waals surface area contributed by atoms with Crippen molar-refractivity contribution in [3.63, 3.8) is 0 Å². The van der Waals surface area contributed by atoms with Gasteiger partial charge in [0.05, 0.1) is 29.1 Å². The van der Waals surface area contributed by atoms with E-state index in [2.05, 4.69) is 17.2 Å². The molecule has 0 fully saturated rings. The number of nitrogens with zero attached hydrogens (tertiary/aromatic N) is 1. The second kappa shape index (κ2) is 8.19. The van der Waals surface area contributed by atoms with Gasteiger partial charge in [-0.2, -0.15) is 0 Å². The van der Waals surface area contributed by atoms with Crippen LogP contribution in [-0.4, -0.2) is 36.2 Å². The topological polar surface area (TPSA) is 146 Å². The Labute approximate surface area is 149 Å². The number of alkyl carbamates (subject to hydrolysis) is 1. The number of primary amides is 1. The highest BCUT2D eigenvalue weighted by Gasteiger charge is 2.29. The van der Waals surface area contributed by atoms with E-state index >= 15 is 0 Å². The Bertz CT molecular complexity index is 736. The molecular formula is C16H20N4O6. The first kappa shape index (κ1) is 19.0. The fourth-order valence-electron chi connectivity index (χ4n) is 2.52. The Hall–Kier alpha value is -3.30. The standard InChI is InChI=1S/C16H20N4O6/c1-3-4-25-16(22)19-11(7-14(17)21)10-5-12-15(13(6-10)20(23)24)26-8-9(2)18-12/h3,5-6,9,11,18H,1,4,7-8H2,2H3,(H2,17,21)(H,19,22)/t9-,11?/m1/s1. The second-order valence-electron chi connectivity index (χ2n) is 5.78. The van der Waals surface area contributed by atoms with Crippen LogP contribution in [0.2, 0.25) is 0 Å². The maximum atomic E-state index is 11.8. The van der Waals surface area contributed by atoms with Gasteiger partial charge in [0.15, 0.2) is 0 Å². The van der Waals surface area contributed by atoms with Crippen LogP contribution in [-0.2, 0) is 9.53 Å². The molecule has 0 radical (unpaired) electrons. The zero-order valence-corrected chi connectivity index (χ0v) is 14.2. The molecule has 2 atom stereocenters. The van der Waals surface area contributed by atoms with Gasteiger partial charge in [-0.15, -0.1) is 0 Å². The van der Waals surface area contributed by atoms with Crippen molar-refractivity contribution in [1.82, 2.24) is 5.32 Å². The maximum Gasteiger partial charge on any atom is 0.407 e. The molecule has 1 aliphatic rings. The molecule has 1 aromatic rings. The molecule has 10 heteroatoms. The third-order valence-corrected chi connectivity index (χ3v) is 3.60. The number of fused-ring (bicyclic) bond motifs is 1. The lowest BCUT2D eigenvalue weighted by Gasteiger charge is -2.26. The number of anilines is 1. The zero-order chi connectivity index (χ0) is 19.3. The largest absolute Gasteiger partial charge is 0.483 e. The highest BCUT2D eigenvalue weighted by Crippen LogP contribution is 2.40. The molecule has 1 aromatic carbocycles. The predicted molar refractivity (Wildman–Crippen MR) is 92.9 cm³/mol. The summed E-state index contributed by atoms with van der Waals surface area (Å²) < 4.78 is 10.3. The Morgan fingerprint density at radius 2 is 2.35 bits per heavy atom. The van der Waals surface area contributed by atoms with E-state index in [0.29, 0.717) is 11.3 Å². The summed E-state index contributed by atoms with van der Waals surface area (Å²) in [6, 6.07) is 1.88. The number of carbonyl (C=O) groups is 2. The van der Waals surface area contributed by atoms with Crippen LogP contribution in [0, 0.1) is 10.1 Å². The van der Waals surface area contributed by atoms with Crippen molar-refractivity contribution in [3.8, 4) is 5.75 Å². The Kier molecular flexibility index (Phi) is 5.99. The van der Waals surface area contributed by atoms with Crippen LogP contribution in [0.5, 0.6) is 5.75 Å². The summed E-state index contributed by atoms with van der Waals surface area (Å²) >= 11 is 0. The van der Waals surface area contributed by atoms with Gasteiger partial charge in [0, 0.05) is 6.07 Å². The number of nitro benzene ring substituents is 1. The first-order valence-corrected chi connectivity index (χ1v) is 7.86. The van der Waals surface area contributed by atoms with Crippen LogP contribution in [0.15, 0.2) is 24.8 Å². The molecule has 2 amide bonds. The number of carbonyl (C=O) groups excluding carboxylic acids is 2. The number of amides is 2. The van der Waals surface area contributed by atoms with Crippen molar-refractivity contribution >= 4 is 23.4 Å². The minimum atomic E-state index is -0.896. The lowest BCUT2D eigenvalue weighted by molar-refractivity contribution is -0.385. The molecule has 1 unspecified atom stereocenters. The smallest absolute Gasteiger partial charge is 0.407 e. The van der Waals surface area contributed by atoms with Crippen LogP contribution < -0.4 is 21.1 Å². The van der Waals surface area contributed by atoms with Crippen molar-refractivity contribution in [2.24, 2.45) is 5.73 Å². The molecule has 140 valence electrons. The van der Waals surface area contributed by atoms with Gasteiger partial charge in [0.2, 0.25) is 11.7 Å². The molecule has 0 saturated carbocycles. The monoisotopic (exact) mass is 364 g/mol. The van der Waals surface area contributed by atoms with Gasteiger partial charge in [-0.3, -0.25) is 14.9 Å². The quantitative estimate of drug-likeness (QED) is 0.378. The molecule has 1 heterocycles. The Morgan fingerprint density at radius 1 is 1.62 bits per heavy atom. The van der Waals surface area contributed by atoms with Gasteiger partial charge in [-0.1, -0.05) is 12.7 Å². The minimum absolute atomic E-state index is 0.0215. The van der Waals surface area contributed by atoms with E-state index in [9.17, 15) is 19.7 Å². The number of benzene rings is 1. The molecule has 2 rings (SSSR count). The van der Waals surface area contributed by atoms with E-state index in [4.69, 9.17) is 15.2 Å². The van der Waals surface area contributed by atoms with Gasteiger partial charge in [0.1, 0.15) is 13.2 Å². The van der Waals surface area contributed by atoms with Gasteiger partial charge in [0.25, 0.3) is 0 Å². The van der Waals surface area contributed by atoms with Crippen molar-refractivity contribution in [2.75, 3.05) is 18.5 Å². The number of nitro groups is 1. The minimum Gasteiger partial charge on any atom is -0.483 e. The number of ether oxygens (including phenoxy) is 2. The average molecular weight is 364 g/mol. The fraction of sp³-hybridized carbons (Fsp3) is 0.375. The second-order valence-corrected chi connectivity index (χ2v) is 5.78. The first-order valence-electron chi connectivity index (χ1n) is 7.86. The molecule has 26 heavy (non-hydrogen) atoms. The third-order valence-electron chi connectivity index (χ3n) is 3.60. The summed E-state index contributed by atoms with van der Waals surface area (Å²) in [6.07, 6.45) is 0.332. The summed E-state index contributed by atoms with van der Waals surface area (Å²) in [5, 5.41) is 17.0. The van der Waals surface area contributed by atoms with Crippen LogP contribution in [0.1, 0.15) is 24.9 Å². The third kappa shape index (κ3) is 4.62. The first-order chi connectivity index (χ1) is 12.3. The van der Waals surface area contributed by atoms with E-state index in [1.54, 1.807) is 6.07 Å². The van der Waals surface area contributed by atoms with E-state index in [1.807, 2.05) is 6.92 Å². The van der Waals surface area contributed by atoms with Crippen molar-refractivity contribution in [2.45, 2.75) is 25.4 Å². The number of hydrogen-bond acceptors (Lipinski definition) is 7. The highest BCUT2D eigenvalue weighted by atomic mass is 16.6. The molecule has 0 aromatic heterocycles. The molecule has 4 N–H and O–H groups in total. The SMILES string of the molecule is C=CCOC(=O)NC(CC(N)=O)c1cc2c(c([N+](=O)[O-])c1)OC[C@@H](C)N2. The average Bonchev–Trinajstić information content (AvgIpc) is 2.57.